The molecule has 1 aromatic carbocycles. The van der Waals surface area contributed by atoms with Crippen molar-refractivity contribution in [1.29, 1.82) is 0 Å². The van der Waals surface area contributed by atoms with Crippen LogP contribution in [0.15, 0.2) is 38.6 Å². The predicted molar refractivity (Wildman–Crippen MR) is 87.8 cm³/mol. The second kappa shape index (κ2) is 6.08. The molecule has 1 heterocycles. The maximum atomic E-state index is 3.51. The molecule has 1 aromatic heterocycles. The quantitative estimate of drug-likeness (QED) is 0.795. The average molecular weight is 390 g/mol. The minimum atomic E-state index is 0.839. The maximum absolute atomic E-state index is 3.51. The van der Waals surface area contributed by atoms with Gasteiger partial charge in [0.25, 0.3) is 0 Å². The number of anilines is 2. The summed E-state index contributed by atoms with van der Waals surface area (Å²) in [5.74, 6) is 0. The van der Waals surface area contributed by atoms with Crippen molar-refractivity contribution in [2.24, 2.45) is 0 Å². The van der Waals surface area contributed by atoms with Crippen LogP contribution >= 0.6 is 43.2 Å². The van der Waals surface area contributed by atoms with Crippen molar-refractivity contribution in [2.75, 3.05) is 24.3 Å². The number of hydrogen-bond donors (Lipinski definition) is 1. The van der Waals surface area contributed by atoms with E-state index in [9.17, 15) is 0 Å². The molecule has 0 fully saturated rings. The van der Waals surface area contributed by atoms with E-state index in [-0.39, 0.29) is 0 Å². The third kappa shape index (κ3) is 3.49. The topological polar surface area (TPSA) is 15.3 Å². The van der Waals surface area contributed by atoms with Gasteiger partial charge in [-0.3, -0.25) is 0 Å². The van der Waals surface area contributed by atoms with Crippen LogP contribution < -0.4 is 10.2 Å². The number of hydrogen-bond acceptors (Lipinski definition) is 3. The fourth-order valence-electron chi connectivity index (χ4n) is 1.56. The summed E-state index contributed by atoms with van der Waals surface area (Å²) < 4.78 is 2.26. The average Bonchev–Trinajstić information content (AvgIpc) is 2.67. The van der Waals surface area contributed by atoms with Crippen LogP contribution in [0.5, 0.6) is 0 Å². The van der Waals surface area contributed by atoms with Crippen molar-refractivity contribution >= 4 is 54.6 Å². The summed E-state index contributed by atoms with van der Waals surface area (Å²) in [5.41, 5.74) is 2.34. The molecule has 18 heavy (non-hydrogen) atoms. The van der Waals surface area contributed by atoms with Gasteiger partial charge >= 0.3 is 0 Å². The molecule has 0 bridgehead atoms. The summed E-state index contributed by atoms with van der Waals surface area (Å²) >= 11 is 8.75. The van der Waals surface area contributed by atoms with Crippen LogP contribution in [-0.4, -0.2) is 14.1 Å². The van der Waals surface area contributed by atoms with Gasteiger partial charge in [0, 0.05) is 41.4 Å². The fraction of sp³-hybridized carbons (Fsp3) is 0.231. The Bertz CT molecular complexity index is 518. The molecule has 0 saturated carbocycles. The van der Waals surface area contributed by atoms with Gasteiger partial charge in [-0.1, -0.05) is 6.07 Å². The number of thiophene rings is 1. The summed E-state index contributed by atoms with van der Waals surface area (Å²) in [6, 6.07) is 10.5. The Labute approximate surface area is 128 Å². The van der Waals surface area contributed by atoms with Gasteiger partial charge in [-0.05, 0) is 56.1 Å². The molecule has 2 aromatic rings. The molecule has 5 heteroatoms. The normalized spacial score (nSPS) is 10.4. The van der Waals surface area contributed by atoms with E-state index >= 15 is 0 Å². The Kier molecular flexibility index (Phi) is 4.70. The second-order valence-electron chi connectivity index (χ2n) is 4.13. The Balaban J connectivity index is 2.03. The van der Waals surface area contributed by atoms with Gasteiger partial charge in [-0.15, -0.1) is 11.3 Å². The van der Waals surface area contributed by atoms with Gasteiger partial charge in [0.15, 0.2) is 0 Å². The van der Waals surface area contributed by atoms with E-state index in [1.807, 2.05) is 14.1 Å². The van der Waals surface area contributed by atoms with Gasteiger partial charge in [0.05, 0.1) is 3.79 Å². The number of benzene rings is 1. The highest BCUT2D eigenvalue weighted by Crippen LogP contribution is 2.32. The first-order valence-corrected chi connectivity index (χ1v) is 7.91. The molecule has 2 nitrogen and oxygen atoms in total. The van der Waals surface area contributed by atoms with E-state index in [1.54, 1.807) is 11.3 Å². The first-order valence-electron chi connectivity index (χ1n) is 5.51. The second-order valence-corrected chi connectivity index (χ2v) is 7.44. The van der Waals surface area contributed by atoms with Gasteiger partial charge < -0.3 is 10.2 Å². The van der Waals surface area contributed by atoms with E-state index in [1.165, 1.54) is 10.6 Å². The van der Waals surface area contributed by atoms with Gasteiger partial charge in [0.1, 0.15) is 0 Å². The number of rotatable bonds is 4. The molecule has 0 aliphatic carbocycles. The fourth-order valence-corrected chi connectivity index (χ4v) is 3.68. The molecule has 0 unspecified atom stereocenters. The lowest BCUT2D eigenvalue weighted by atomic mass is 10.2. The molecule has 0 radical (unpaired) electrons. The van der Waals surface area contributed by atoms with Crippen LogP contribution in [-0.2, 0) is 6.54 Å². The lowest BCUT2D eigenvalue weighted by Gasteiger charge is -2.14. The lowest BCUT2D eigenvalue weighted by molar-refractivity contribution is 1.12. The molecule has 0 atom stereocenters. The highest BCUT2D eigenvalue weighted by molar-refractivity contribution is 9.13. The summed E-state index contributed by atoms with van der Waals surface area (Å²) in [7, 11) is 4.10. The van der Waals surface area contributed by atoms with E-state index in [2.05, 4.69) is 72.4 Å². The van der Waals surface area contributed by atoms with Crippen LogP contribution in [0.1, 0.15) is 4.88 Å². The first kappa shape index (κ1) is 13.9. The molecule has 0 aliphatic heterocycles. The number of halogens is 2. The minimum absolute atomic E-state index is 0.839. The number of nitrogens with zero attached hydrogens (tertiary/aromatic N) is 1. The van der Waals surface area contributed by atoms with Crippen molar-refractivity contribution in [2.45, 2.75) is 6.54 Å². The van der Waals surface area contributed by atoms with E-state index < -0.39 is 0 Å². The van der Waals surface area contributed by atoms with Gasteiger partial charge in [-0.25, -0.2) is 0 Å². The highest BCUT2D eigenvalue weighted by Gasteiger charge is 2.04. The Morgan fingerprint density at radius 3 is 2.61 bits per heavy atom. The maximum Gasteiger partial charge on any atom is 0.0843 e. The SMILES string of the molecule is CN(C)c1cccc(NCc2cc(Br)c(Br)s2)c1. The third-order valence-electron chi connectivity index (χ3n) is 2.53. The zero-order valence-corrected chi connectivity index (χ0v) is 14.2. The van der Waals surface area contributed by atoms with Crippen LogP contribution in [0.25, 0.3) is 0 Å². The summed E-state index contributed by atoms with van der Waals surface area (Å²) in [6.45, 7) is 0.839. The predicted octanol–water partition coefficient (Wildman–Crippen LogP) is 4.95. The van der Waals surface area contributed by atoms with Gasteiger partial charge in [0.2, 0.25) is 0 Å². The summed E-state index contributed by atoms with van der Waals surface area (Å²) in [5, 5.41) is 3.44. The van der Waals surface area contributed by atoms with Crippen molar-refractivity contribution in [3.8, 4) is 0 Å². The van der Waals surface area contributed by atoms with Crippen molar-refractivity contribution in [1.82, 2.24) is 0 Å². The summed E-state index contributed by atoms with van der Waals surface area (Å²) in [4.78, 5) is 3.40. The molecule has 96 valence electrons. The molecule has 0 amide bonds. The van der Waals surface area contributed by atoms with Gasteiger partial charge in [-0.2, -0.15) is 0 Å². The van der Waals surface area contributed by atoms with Crippen molar-refractivity contribution < 1.29 is 0 Å². The Morgan fingerprint density at radius 1 is 1.22 bits per heavy atom. The summed E-state index contributed by atoms with van der Waals surface area (Å²) in [6.07, 6.45) is 0. The smallest absolute Gasteiger partial charge is 0.0843 e. The molecular formula is C13H14Br2N2S. The highest BCUT2D eigenvalue weighted by atomic mass is 79.9. The van der Waals surface area contributed by atoms with Crippen LogP contribution in [0.3, 0.4) is 0 Å². The molecule has 1 N–H and O–H groups in total. The Hall–Kier alpha value is -0.520. The zero-order valence-electron chi connectivity index (χ0n) is 10.2. The van der Waals surface area contributed by atoms with Crippen molar-refractivity contribution in [3.05, 3.63) is 43.5 Å². The Morgan fingerprint density at radius 2 is 2.00 bits per heavy atom. The first-order chi connectivity index (χ1) is 8.56. The van der Waals surface area contributed by atoms with Crippen molar-refractivity contribution in [3.63, 3.8) is 0 Å². The van der Waals surface area contributed by atoms with Crippen LogP contribution in [0.2, 0.25) is 0 Å². The monoisotopic (exact) mass is 388 g/mol. The molecule has 0 aliphatic rings. The van der Waals surface area contributed by atoms with E-state index in [4.69, 9.17) is 0 Å². The molecule has 2 rings (SSSR count). The van der Waals surface area contributed by atoms with E-state index in [0.29, 0.717) is 0 Å². The largest absolute Gasteiger partial charge is 0.380 e. The standard InChI is InChI=1S/C13H14Br2N2S/c1-17(2)10-5-3-4-9(6-10)16-8-11-7-12(14)13(15)18-11/h3-7,16H,8H2,1-2H3. The van der Waals surface area contributed by atoms with E-state index in [0.717, 1.165) is 20.5 Å². The van der Waals surface area contributed by atoms with Crippen LogP contribution in [0.4, 0.5) is 11.4 Å². The lowest BCUT2D eigenvalue weighted by Crippen LogP contribution is -2.08. The van der Waals surface area contributed by atoms with Crippen LogP contribution in [0, 0.1) is 0 Å². The zero-order chi connectivity index (χ0) is 13.1. The molecule has 0 spiro atoms. The molecular weight excluding hydrogens is 376 g/mol. The molecule has 0 saturated heterocycles. The third-order valence-corrected chi connectivity index (χ3v) is 5.78. The minimum Gasteiger partial charge on any atom is -0.380 e. The number of nitrogens with one attached hydrogen (secondary N) is 1.